The van der Waals surface area contributed by atoms with Gasteiger partial charge in [-0.05, 0) is 26.3 Å². The molecule has 0 aliphatic rings. The molecular formula is C12H15N. The van der Waals surface area contributed by atoms with Gasteiger partial charge in [0.25, 0.3) is 0 Å². The summed E-state index contributed by atoms with van der Waals surface area (Å²) in [5.74, 6) is 0. The second-order valence-corrected chi connectivity index (χ2v) is 3.06. The number of hydrogen-bond acceptors (Lipinski definition) is 1. The summed E-state index contributed by atoms with van der Waals surface area (Å²) in [7, 11) is 0. The Labute approximate surface area is 79.8 Å². The summed E-state index contributed by atoms with van der Waals surface area (Å²) in [4.78, 5) is 4.28. The van der Waals surface area contributed by atoms with Gasteiger partial charge in [0.2, 0.25) is 0 Å². The highest BCUT2D eigenvalue weighted by Gasteiger charge is 1.93. The Balaban J connectivity index is 2.89. The average Bonchev–Trinajstić information content (AvgIpc) is 2.15. The molecular weight excluding hydrogens is 158 g/mol. The number of hydrogen-bond donors (Lipinski definition) is 0. The molecule has 1 rings (SSSR count). The standard InChI is InChI=1S/C12H15N/c1-4-9-13-11(3)12-7-5-10(2)6-8-12/h4-9H,1-3H3. The van der Waals surface area contributed by atoms with Crippen LogP contribution in [0.3, 0.4) is 0 Å². The third kappa shape index (κ3) is 2.86. The SMILES string of the molecule is CC=CN=C(C)c1ccc(C)cc1. The highest BCUT2D eigenvalue weighted by molar-refractivity contribution is 5.99. The number of aryl methyl sites for hydroxylation is 1. The van der Waals surface area contributed by atoms with Gasteiger partial charge in [-0.25, -0.2) is 0 Å². The first-order chi connectivity index (χ1) is 6.24. The van der Waals surface area contributed by atoms with Crippen molar-refractivity contribution in [3.05, 3.63) is 47.7 Å². The minimum Gasteiger partial charge on any atom is -0.261 e. The van der Waals surface area contributed by atoms with Gasteiger partial charge >= 0.3 is 0 Å². The summed E-state index contributed by atoms with van der Waals surface area (Å²) >= 11 is 0. The molecule has 13 heavy (non-hydrogen) atoms. The molecule has 1 nitrogen and oxygen atoms in total. The molecule has 0 spiro atoms. The number of allylic oxidation sites excluding steroid dienone is 1. The lowest BCUT2D eigenvalue weighted by Crippen LogP contribution is -1.92. The fourth-order valence-corrected chi connectivity index (χ4v) is 1.06. The molecule has 0 N–H and O–H groups in total. The Morgan fingerprint density at radius 3 is 2.38 bits per heavy atom. The molecule has 0 fully saturated rings. The second kappa shape index (κ2) is 4.61. The van der Waals surface area contributed by atoms with Crippen molar-refractivity contribution < 1.29 is 0 Å². The van der Waals surface area contributed by atoms with Gasteiger partial charge in [-0.1, -0.05) is 35.9 Å². The Hall–Kier alpha value is -1.37. The van der Waals surface area contributed by atoms with Gasteiger partial charge in [0.05, 0.1) is 0 Å². The first-order valence-corrected chi connectivity index (χ1v) is 4.46. The quantitative estimate of drug-likeness (QED) is 0.608. The summed E-state index contributed by atoms with van der Waals surface area (Å²) in [6.45, 7) is 6.07. The predicted molar refractivity (Wildman–Crippen MR) is 58.2 cm³/mol. The van der Waals surface area contributed by atoms with Crippen LogP contribution in [0.5, 0.6) is 0 Å². The van der Waals surface area contributed by atoms with Crippen LogP contribution < -0.4 is 0 Å². The van der Waals surface area contributed by atoms with Gasteiger partial charge in [0.15, 0.2) is 0 Å². The van der Waals surface area contributed by atoms with E-state index in [4.69, 9.17) is 0 Å². The molecule has 0 amide bonds. The first-order valence-electron chi connectivity index (χ1n) is 4.46. The van der Waals surface area contributed by atoms with Crippen molar-refractivity contribution in [2.75, 3.05) is 0 Å². The molecule has 0 heterocycles. The van der Waals surface area contributed by atoms with Gasteiger partial charge < -0.3 is 0 Å². The zero-order valence-corrected chi connectivity index (χ0v) is 8.41. The summed E-state index contributed by atoms with van der Waals surface area (Å²) in [6, 6.07) is 8.39. The summed E-state index contributed by atoms with van der Waals surface area (Å²) in [5, 5.41) is 0. The van der Waals surface area contributed by atoms with Crippen molar-refractivity contribution in [2.24, 2.45) is 4.99 Å². The van der Waals surface area contributed by atoms with Crippen molar-refractivity contribution in [1.29, 1.82) is 0 Å². The van der Waals surface area contributed by atoms with Crippen LogP contribution in [-0.2, 0) is 0 Å². The lowest BCUT2D eigenvalue weighted by molar-refractivity contribution is 1.43. The monoisotopic (exact) mass is 173 g/mol. The predicted octanol–water partition coefficient (Wildman–Crippen LogP) is 3.34. The van der Waals surface area contributed by atoms with Crippen molar-refractivity contribution in [3.63, 3.8) is 0 Å². The lowest BCUT2D eigenvalue weighted by atomic mass is 10.1. The maximum absolute atomic E-state index is 4.28. The average molecular weight is 173 g/mol. The molecule has 0 bridgehead atoms. The second-order valence-electron chi connectivity index (χ2n) is 3.06. The molecule has 1 heteroatoms. The fourth-order valence-electron chi connectivity index (χ4n) is 1.06. The third-order valence-corrected chi connectivity index (χ3v) is 1.89. The largest absolute Gasteiger partial charge is 0.261 e. The molecule has 68 valence electrons. The first kappa shape index (κ1) is 9.72. The van der Waals surface area contributed by atoms with E-state index in [2.05, 4.69) is 36.2 Å². The highest BCUT2D eigenvalue weighted by atomic mass is 14.7. The van der Waals surface area contributed by atoms with E-state index in [0.717, 1.165) is 5.71 Å². The Kier molecular flexibility index (Phi) is 3.44. The van der Waals surface area contributed by atoms with Crippen molar-refractivity contribution in [3.8, 4) is 0 Å². The molecule has 0 aliphatic heterocycles. The number of benzene rings is 1. The third-order valence-electron chi connectivity index (χ3n) is 1.89. The van der Waals surface area contributed by atoms with Crippen molar-refractivity contribution in [2.45, 2.75) is 20.8 Å². The summed E-state index contributed by atoms with van der Waals surface area (Å²) in [5.41, 5.74) is 3.52. The van der Waals surface area contributed by atoms with E-state index >= 15 is 0 Å². The molecule has 1 aromatic carbocycles. The molecule has 1 aromatic rings. The number of aliphatic imine (C=N–C) groups is 1. The van der Waals surface area contributed by atoms with Crippen molar-refractivity contribution in [1.82, 2.24) is 0 Å². The summed E-state index contributed by atoms with van der Waals surface area (Å²) in [6.07, 6.45) is 3.74. The summed E-state index contributed by atoms with van der Waals surface area (Å²) < 4.78 is 0. The Bertz CT molecular complexity index is 317. The van der Waals surface area contributed by atoms with E-state index in [1.165, 1.54) is 11.1 Å². The smallest absolute Gasteiger partial charge is 0.0444 e. The zero-order valence-electron chi connectivity index (χ0n) is 8.41. The van der Waals surface area contributed by atoms with E-state index in [9.17, 15) is 0 Å². The molecule has 0 saturated carbocycles. The zero-order chi connectivity index (χ0) is 9.68. The van der Waals surface area contributed by atoms with E-state index in [1.54, 1.807) is 0 Å². The maximum atomic E-state index is 4.28. The lowest BCUT2D eigenvalue weighted by Gasteiger charge is -1.99. The molecule has 0 unspecified atom stereocenters. The van der Waals surface area contributed by atoms with Crippen LogP contribution >= 0.6 is 0 Å². The van der Waals surface area contributed by atoms with Gasteiger partial charge in [-0.15, -0.1) is 0 Å². The van der Waals surface area contributed by atoms with Crippen LogP contribution in [0.1, 0.15) is 25.0 Å². The van der Waals surface area contributed by atoms with Gasteiger partial charge in [-0.2, -0.15) is 0 Å². The minimum atomic E-state index is 1.05. The highest BCUT2D eigenvalue weighted by Crippen LogP contribution is 2.04. The number of rotatable bonds is 2. The van der Waals surface area contributed by atoms with Crippen LogP contribution in [0.2, 0.25) is 0 Å². The Morgan fingerprint density at radius 1 is 1.23 bits per heavy atom. The van der Waals surface area contributed by atoms with E-state index in [0.29, 0.717) is 0 Å². The topological polar surface area (TPSA) is 12.4 Å². The van der Waals surface area contributed by atoms with E-state index < -0.39 is 0 Å². The van der Waals surface area contributed by atoms with Crippen LogP contribution in [0, 0.1) is 6.92 Å². The minimum absolute atomic E-state index is 1.05. The van der Waals surface area contributed by atoms with E-state index in [1.807, 2.05) is 26.1 Å². The molecule has 0 atom stereocenters. The van der Waals surface area contributed by atoms with Crippen LogP contribution in [0.4, 0.5) is 0 Å². The normalized spacial score (nSPS) is 12.4. The van der Waals surface area contributed by atoms with Crippen LogP contribution in [0.25, 0.3) is 0 Å². The van der Waals surface area contributed by atoms with Crippen molar-refractivity contribution >= 4 is 5.71 Å². The Morgan fingerprint density at radius 2 is 1.85 bits per heavy atom. The number of nitrogens with zero attached hydrogens (tertiary/aromatic N) is 1. The van der Waals surface area contributed by atoms with Gasteiger partial charge in [0, 0.05) is 11.9 Å². The molecule has 0 saturated heterocycles. The molecule has 0 aliphatic carbocycles. The maximum Gasteiger partial charge on any atom is 0.0444 e. The van der Waals surface area contributed by atoms with Crippen LogP contribution in [-0.4, -0.2) is 5.71 Å². The fraction of sp³-hybridized carbons (Fsp3) is 0.250. The van der Waals surface area contributed by atoms with Crippen LogP contribution in [0.15, 0.2) is 41.5 Å². The van der Waals surface area contributed by atoms with E-state index in [-0.39, 0.29) is 0 Å². The molecule has 0 aromatic heterocycles. The van der Waals surface area contributed by atoms with Gasteiger partial charge in [-0.3, -0.25) is 4.99 Å². The molecule has 0 radical (unpaired) electrons. The van der Waals surface area contributed by atoms with Gasteiger partial charge in [0.1, 0.15) is 0 Å².